The van der Waals surface area contributed by atoms with E-state index in [0.29, 0.717) is 0 Å². The van der Waals surface area contributed by atoms with Gasteiger partial charge in [0.15, 0.2) is 0 Å². The quantitative estimate of drug-likeness (QED) is 0.472. The van der Waals surface area contributed by atoms with Crippen LogP contribution in [-0.2, 0) is 0 Å². The van der Waals surface area contributed by atoms with Gasteiger partial charge in [-0.1, -0.05) is 0 Å². The van der Waals surface area contributed by atoms with E-state index in [1.807, 2.05) is 6.20 Å². The van der Waals surface area contributed by atoms with Crippen molar-refractivity contribution in [2.45, 2.75) is 0 Å². The van der Waals surface area contributed by atoms with Crippen molar-refractivity contribution in [2.75, 3.05) is 0 Å². The molecule has 1 nitrogen and oxygen atoms in total. The van der Waals surface area contributed by atoms with Crippen molar-refractivity contribution in [3.8, 4) is 11.3 Å². The number of hydrogen-bond acceptors (Lipinski definition) is 1. The maximum absolute atomic E-state index is 4.81. The van der Waals surface area contributed by atoms with E-state index >= 15 is 0 Å². The molecule has 0 N–H and O–H groups in total. The van der Waals surface area contributed by atoms with Crippen LogP contribution in [0.15, 0.2) is 91.1 Å². The molecular formula is C21H15NTe. The van der Waals surface area contributed by atoms with Gasteiger partial charge in [-0.15, -0.1) is 0 Å². The van der Waals surface area contributed by atoms with Crippen LogP contribution in [0.25, 0.3) is 22.0 Å². The van der Waals surface area contributed by atoms with Crippen molar-refractivity contribution in [3.05, 3.63) is 91.1 Å². The van der Waals surface area contributed by atoms with Crippen LogP contribution >= 0.6 is 0 Å². The summed E-state index contributed by atoms with van der Waals surface area (Å²) in [5, 5.41) is 2.57. The molecule has 1 heterocycles. The SMILES string of the molecule is c1ccc([Te]c2c(-c3ccccc3)ncc3ccccc23)cc1. The van der Waals surface area contributed by atoms with Gasteiger partial charge >= 0.3 is 146 Å². The molecule has 0 saturated heterocycles. The number of rotatable bonds is 3. The van der Waals surface area contributed by atoms with E-state index in [4.69, 9.17) is 4.98 Å². The topological polar surface area (TPSA) is 12.9 Å². The normalized spacial score (nSPS) is 10.8. The zero-order valence-electron chi connectivity index (χ0n) is 12.5. The first kappa shape index (κ1) is 14.5. The standard InChI is InChI=1S/C21H15NTe/c1-3-9-16(10-4-1)20-21(23-18-12-5-2-6-13-18)19-14-8-7-11-17(19)15-22-20/h1-15H. The van der Waals surface area contributed by atoms with Crippen LogP contribution in [0.1, 0.15) is 0 Å². The maximum atomic E-state index is 4.81. The van der Waals surface area contributed by atoms with Crippen LogP contribution in [0.2, 0.25) is 0 Å². The van der Waals surface area contributed by atoms with E-state index < -0.39 is 20.9 Å². The van der Waals surface area contributed by atoms with Crippen molar-refractivity contribution < 1.29 is 0 Å². The summed E-state index contributed by atoms with van der Waals surface area (Å²) in [6, 6.07) is 29.9. The van der Waals surface area contributed by atoms with Gasteiger partial charge in [0, 0.05) is 0 Å². The molecule has 0 amide bonds. The third-order valence-corrected chi connectivity index (χ3v) is 6.98. The molecule has 0 atom stereocenters. The van der Waals surface area contributed by atoms with E-state index in [9.17, 15) is 0 Å². The van der Waals surface area contributed by atoms with Gasteiger partial charge < -0.3 is 0 Å². The molecule has 2 heteroatoms. The molecular weight excluding hydrogens is 394 g/mol. The Kier molecular flexibility index (Phi) is 4.11. The summed E-state index contributed by atoms with van der Waals surface area (Å²) in [6.45, 7) is 0. The van der Waals surface area contributed by atoms with Crippen LogP contribution in [0.3, 0.4) is 0 Å². The van der Waals surface area contributed by atoms with Gasteiger partial charge in [-0.05, 0) is 0 Å². The third-order valence-electron chi connectivity index (χ3n) is 3.76. The number of benzene rings is 3. The van der Waals surface area contributed by atoms with Gasteiger partial charge in [-0.25, -0.2) is 0 Å². The van der Waals surface area contributed by atoms with Gasteiger partial charge in [0.2, 0.25) is 0 Å². The van der Waals surface area contributed by atoms with E-state index in [1.54, 1.807) is 0 Å². The Labute approximate surface area is 146 Å². The Hall–Kier alpha value is -2.14. The van der Waals surface area contributed by atoms with Crippen molar-refractivity contribution in [2.24, 2.45) is 0 Å². The monoisotopic (exact) mass is 411 g/mol. The summed E-state index contributed by atoms with van der Waals surface area (Å²) in [5.74, 6) is 0. The first-order valence-corrected chi connectivity index (χ1v) is 9.91. The molecule has 0 radical (unpaired) electrons. The minimum atomic E-state index is -0.497. The first-order chi connectivity index (χ1) is 11.4. The molecule has 0 aliphatic rings. The molecule has 0 saturated carbocycles. The molecule has 23 heavy (non-hydrogen) atoms. The van der Waals surface area contributed by atoms with E-state index in [2.05, 4.69) is 84.9 Å². The van der Waals surface area contributed by atoms with E-state index in [0.717, 1.165) is 5.69 Å². The molecule has 4 aromatic rings. The molecule has 3 aromatic carbocycles. The van der Waals surface area contributed by atoms with Crippen LogP contribution in [0.5, 0.6) is 0 Å². The predicted molar refractivity (Wildman–Crippen MR) is 98.6 cm³/mol. The molecule has 0 bridgehead atoms. The minimum absolute atomic E-state index is 0.497. The Bertz CT molecular complexity index is 933. The molecule has 0 fully saturated rings. The number of pyridine rings is 1. The molecule has 0 aliphatic heterocycles. The second-order valence-corrected chi connectivity index (χ2v) is 8.40. The fourth-order valence-corrected chi connectivity index (χ4v) is 5.76. The summed E-state index contributed by atoms with van der Waals surface area (Å²) >= 11 is -0.497. The molecule has 110 valence electrons. The van der Waals surface area contributed by atoms with Gasteiger partial charge in [0.05, 0.1) is 0 Å². The number of fused-ring (bicyclic) bond motifs is 1. The zero-order valence-corrected chi connectivity index (χ0v) is 14.8. The summed E-state index contributed by atoms with van der Waals surface area (Å²) in [6.07, 6.45) is 2.00. The average Bonchev–Trinajstić information content (AvgIpc) is 2.64. The van der Waals surface area contributed by atoms with Crippen molar-refractivity contribution >= 4 is 38.9 Å². The first-order valence-electron chi connectivity index (χ1n) is 7.58. The van der Waals surface area contributed by atoms with E-state index in [-0.39, 0.29) is 0 Å². The summed E-state index contributed by atoms with van der Waals surface area (Å²) in [5.41, 5.74) is 2.34. The van der Waals surface area contributed by atoms with Crippen LogP contribution in [0, 0.1) is 0 Å². The fraction of sp³-hybridized carbons (Fsp3) is 0. The molecule has 4 rings (SSSR count). The predicted octanol–water partition coefficient (Wildman–Crippen LogP) is 3.56. The molecule has 0 unspecified atom stereocenters. The molecule has 1 aromatic heterocycles. The van der Waals surface area contributed by atoms with Gasteiger partial charge in [0.1, 0.15) is 0 Å². The second kappa shape index (κ2) is 6.54. The van der Waals surface area contributed by atoms with Gasteiger partial charge in [-0.3, -0.25) is 0 Å². The van der Waals surface area contributed by atoms with E-state index in [1.165, 1.54) is 23.6 Å². The van der Waals surface area contributed by atoms with Crippen molar-refractivity contribution in [3.63, 3.8) is 0 Å². The summed E-state index contributed by atoms with van der Waals surface area (Å²) < 4.78 is 2.86. The fourth-order valence-electron chi connectivity index (χ4n) is 2.65. The van der Waals surface area contributed by atoms with Crippen LogP contribution in [0.4, 0.5) is 0 Å². The third kappa shape index (κ3) is 3.01. The average molecular weight is 409 g/mol. The van der Waals surface area contributed by atoms with Crippen molar-refractivity contribution in [1.82, 2.24) is 4.98 Å². The Morgan fingerprint density at radius 3 is 2.09 bits per heavy atom. The van der Waals surface area contributed by atoms with Gasteiger partial charge in [-0.2, -0.15) is 0 Å². The number of aromatic nitrogens is 1. The van der Waals surface area contributed by atoms with Crippen LogP contribution in [-0.4, -0.2) is 25.9 Å². The Morgan fingerprint density at radius 1 is 0.652 bits per heavy atom. The number of nitrogens with zero attached hydrogens (tertiary/aromatic N) is 1. The second-order valence-electron chi connectivity index (χ2n) is 5.30. The molecule has 0 aliphatic carbocycles. The van der Waals surface area contributed by atoms with Crippen molar-refractivity contribution in [1.29, 1.82) is 0 Å². The Balaban J connectivity index is 1.94. The zero-order chi connectivity index (χ0) is 15.5. The number of hydrogen-bond donors (Lipinski definition) is 0. The van der Waals surface area contributed by atoms with Gasteiger partial charge in [0.25, 0.3) is 0 Å². The van der Waals surface area contributed by atoms with Crippen LogP contribution < -0.4 is 7.22 Å². The summed E-state index contributed by atoms with van der Waals surface area (Å²) in [4.78, 5) is 4.81. The Morgan fingerprint density at radius 2 is 1.30 bits per heavy atom. The summed E-state index contributed by atoms with van der Waals surface area (Å²) in [7, 11) is 0. The molecule has 0 spiro atoms.